The molecule has 0 aliphatic carbocycles. The SMILES string of the molecule is CN(C)C(=O)COC(=O)C(=Cc1ccco1)n1nnnc1-c1ccccc1. The van der Waals surface area contributed by atoms with Gasteiger partial charge in [-0.3, -0.25) is 4.79 Å². The summed E-state index contributed by atoms with van der Waals surface area (Å²) in [4.78, 5) is 25.7. The van der Waals surface area contributed by atoms with Crippen molar-refractivity contribution in [2.45, 2.75) is 0 Å². The molecule has 138 valence electrons. The number of carbonyl (C=O) groups is 2. The molecule has 2 heterocycles. The standard InChI is InChI=1S/C18H17N5O4/c1-22(2)16(24)12-27-18(25)15(11-14-9-6-10-26-14)23-17(19-20-21-23)13-7-4-3-5-8-13/h3-11H,12H2,1-2H3. The van der Waals surface area contributed by atoms with Crippen molar-refractivity contribution in [3.8, 4) is 11.4 Å². The van der Waals surface area contributed by atoms with Gasteiger partial charge in [0.05, 0.1) is 6.26 Å². The molecule has 0 atom stereocenters. The molecule has 3 rings (SSSR count). The van der Waals surface area contributed by atoms with Crippen molar-refractivity contribution in [3.05, 3.63) is 54.5 Å². The molecule has 0 fully saturated rings. The number of furan rings is 1. The number of hydrogen-bond acceptors (Lipinski definition) is 7. The molecule has 0 radical (unpaired) electrons. The first kappa shape index (κ1) is 18.1. The summed E-state index contributed by atoms with van der Waals surface area (Å²) in [5, 5.41) is 11.6. The van der Waals surface area contributed by atoms with Crippen LogP contribution in [0.4, 0.5) is 0 Å². The normalized spacial score (nSPS) is 11.3. The van der Waals surface area contributed by atoms with Crippen LogP contribution in [0, 0.1) is 0 Å². The van der Waals surface area contributed by atoms with Crippen LogP contribution >= 0.6 is 0 Å². The Balaban J connectivity index is 1.96. The Morgan fingerprint density at radius 3 is 2.63 bits per heavy atom. The van der Waals surface area contributed by atoms with Crippen LogP contribution < -0.4 is 0 Å². The summed E-state index contributed by atoms with van der Waals surface area (Å²) >= 11 is 0. The number of rotatable bonds is 6. The molecule has 0 N–H and O–H groups in total. The van der Waals surface area contributed by atoms with Gasteiger partial charge in [-0.2, -0.15) is 4.68 Å². The Labute approximate surface area is 154 Å². The van der Waals surface area contributed by atoms with Crippen LogP contribution in [-0.4, -0.2) is 57.7 Å². The maximum absolute atomic E-state index is 12.7. The molecular formula is C18H17N5O4. The van der Waals surface area contributed by atoms with E-state index in [1.807, 2.05) is 30.3 Å². The van der Waals surface area contributed by atoms with E-state index in [0.29, 0.717) is 17.1 Å². The Kier molecular flexibility index (Phi) is 5.41. The second kappa shape index (κ2) is 8.09. The second-order valence-electron chi connectivity index (χ2n) is 5.69. The van der Waals surface area contributed by atoms with Crippen molar-refractivity contribution < 1.29 is 18.7 Å². The highest BCUT2D eigenvalue weighted by Crippen LogP contribution is 2.21. The highest BCUT2D eigenvalue weighted by Gasteiger charge is 2.22. The Morgan fingerprint density at radius 2 is 1.96 bits per heavy atom. The van der Waals surface area contributed by atoms with E-state index in [0.717, 1.165) is 0 Å². The maximum Gasteiger partial charge on any atom is 0.357 e. The van der Waals surface area contributed by atoms with Gasteiger partial charge in [0.25, 0.3) is 5.91 Å². The van der Waals surface area contributed by atoms with Gasteiger partial charge in [0.2, 0.25) is 0 Å². The van der Waals surface area contributed by atoms with Gasteiger partial charge in [-0.15, -0.1) is 5.10 Å². The van der Waals surface area contributed by atoms with E-state index in [1.54, 1.807) is 26.2 Å². The molecule has 1 aromatic carbocycles. The summed E-state index contributed by atoms with van der Waals surface area (Å²) in [7, 11) is 3.15. The van der Waals surface area contributed by atoms with Gasteiger partial charge in [0.15, 0.2) is 18.1 Å². The lowest BCUT2D eigenvalue weighted by atomic mass is 10.2. The van der Waals surface area contributed by atoms with E-state index < -0.39 is 12.6 Å². The van der Waals surface area contributed by atoms with Gasteiger partial charge in [-0.1, -0.05) is 30.3 Å². The average Bonchev–Trinajstić information content (AvgIpc) is 3.36. The lowest BCUT2D eigenvalue weighted by molar-refractivity contribution is -0.146. The van der Waals surface area contributed by atoms with Crippen molar-refractivity contribution >= 4 is 23.6 Å². The first-order valence-electron chi connectivity index (χ1n) is 8.03. The Hall–Kier alpha value is -3.75. The van der Waals surface area contributed by atoms with Crippen LogP contribution in [0.5, 0.6) is 0 Å². The molecule has 0 bridgehead atoms. The van der Waals surface area contributed by atoms with Crippen LogP contribution in [0.2, 0.25) is 0 Å². The molecule has 0 unspecified atom stereocenters. The minimum absolute atomic E-state index is 0.0142. The minimum Gasteiger partial charge on any atom is -0.465 e. The number of esters is 1. The molecule has 1 amide bonds. The number of carbonyl (C=O) groups excluding carboxylic acids is 2. The van der Waals surface area contributed by atoms with Gasteiger partial charge >= 0.3 is 5.97 Å². The van der Waals surface area contributed by atoms with Crippen LogP contribution in [0.1, 0.15) is 5.76 Å². The van der Waals surface area contributed by atoms with Crippen molar-refractivity contribution in [3.63, 3.8) is 0 Å². The molecule has 0 aliphatic rings. The number of amides is 1. The second-order valence-corrected chi connectivity index (χ2v) is 5.69. The largest absolute Gasteiger partial charge is 0.465 e. The third-order valence-electron chi connectivity index (χ3n) is 3.59. The van der Waals surface area contributed by atoms with E-state index in [9.17, 15) is 9.59 Å². The summed E-state index contributed by atoms with van der Waals surface area (Å²) < 4.78 is 11.7. The highest BCUT2D eigenvalue weighted by molar-refractivity contribution is 6.15. The molecule has 0 spiro atoms. The lowest BCUT2D eigenvalue weighted by Crippen LogP contribution is -2.28. The summed E-state index contributed by atoms with van der Waals surface area (Å²) in [5.41, 5.74) is 0.727. The minimum atomic E-state index is -0.758. The van der Waals surface area contributed by atoms with E-state index >= 15 is 0 Å². The van der Waals surface area contributed by atoms with Gasteiger partial charge in [0.1, 0.15) is 5.76 Å². The molecule has 9 nitrogen and oxygen atoms in total. The number of hydrogen-bond donors (Lipinski definition) is 0. The van der Waals surface area contributed by atoms with E-state index in [4.69, 9.17) is 9.15 Å². The van der Waals surface area contributed by atoms with Crippen molar-refractivity contribution in [1.82, 2.24) is 25.1 Å². The van der Waals surface area contributed by atoms with E-state index in [2.05, 4.69) is 15.5 Å². The van der Waals surface area contributed by atoms with Crippen molar-refractivity contribution in [2.24, 2.45) is 0 Å². The maximum atomic E-state index is 12.7. The number of nitrogens with zero attached hydrogens (tertiary/aromatic N) is 5. The van der Waals surface area contributed by atoms with Crippen LogP contribution in [0.25, 0.3) is 23.2 Å². The molecule has 0 saturated heterocycles. The third-order valence-corrected chi connectivity index (χ3v) is 3.59. The summed E-state index contributed by atoms with van der Waals surface area (Å²) in [5.74, 6) is -0.341. The van der Waals surface area contributed by atoms with E-state index in [1.165, 1.54) is 21.9 Å². The van der Waals surface area contributed by atoms with E-state index in [-0.39, 0.29) is 11.6 Å². The molecule has 2 aromatic heterocycles. The van der Waals surface area contributed by atoms with Gasteiger partial charge in [0, 0.05) is 25.7 Å². The summed E-state index contributed by atoms with van der Waals surface area (Å²) in [6, 6.07) is 12.5. The first-order valence-corrected chi connectivity index (χ1v) is 8.03. The number of likely N-dealkylation sites (N-methyl/N-ethyl adjacent to an activating group) is 1. The summed E-state index contributed by atoms with van der Waals surface area (Å²) in [6.07, 6.45) is 2.92. The molecule has 3 aromatic rings. The molecule has 9 heteroatoms. The monoisotopic (exact) mass is 367 g/mol. The van der Waals surface area contributed by atoms with Crippen molar-refractivity contribution in [2.75, 3.05) is 20.7 Å². The number of tetrazole rings is 1. The smallest absolute Gasteiger partial charge is 0.357 e. The van der Waals surface area contributed by atoms with Gasteiger partial charge < -0.3 is 14.1 Å². The zero-order valence-electron chi connectivity index (χ0n) is 14.8. The van der Waals surface area contributed by atoms with Crippen LogP contribution in [-0.2, 0) is 14.3 Å². The molecule has 27 heavy (non-hydrogen) atoms. The Bertz CT molecular complexity index is 945. The third kappa shape index (κ3) is 4.27. The topological polar surface area (TPSA) is 103 Å². The van der Waals surface area contributed by atoms with Crippen molar-refractivity contribution in [1.29, 1.82) is 0 Å². The first-order chi connectivity index (χ1) is 13.1. The predicted octanol–water partition coefficient (Wildman–Crippen LogP) is 1.56. The quantitative estimate of drug-likeness (QED) is 0.481. The summed E-state index contributed by atoms with van der Waals surface area (Å²) in [6.45, 7) is -0.399. The average molecular weight is 367 g/mol. The predicted molar refractivity (Wildman–Crippen MR) is 95.8 cm³/mol. The fourth-order valence-corrected chi connectivity index (χ4v) is 2.16. The Morgan fingerprint density at radius 1 is 1.19 bits per heavy atom. The molecular weight excluding hydrogens is 350 g/mol. The van der Waals surface area contributed by atoms with Crippen LogP contribution in [0.15, 0.2) is 53.1 Å². The zero-order chi connectivity index (χ0) is 19.2. The number of aromatic nitrogens is 4. The van der Waals surface area contributed by atoms with Crippen LogP contribution in [0.3, 0.4) is 0 Å². The van der Waals surface area contributed by atoms with Gasteiger partial charge in [-0.05, 0) is 22.6 Å². The fraction of sp³-hybridized carbons (Fsp3) is 0.167. The zero-order valence-corrected chi connectivity index (χ0v) is 14.8. The number of benzene rings is 1. The molecule has 0 saturated carbocycles. The lowest BCUT2D eigenvalue weighted by Gasteiger charge is -2.12. The van der Waals surface area contributed by atoms with Gasteiger partial charge in [-0.25, -0.2) is 4.79 Å². The molecule has 0 aliphatic heterocycles. The number of ether oxygens (including phenoxy) is 1. The highest BCUT2D eigenvalue weighted by atomic mass is 16.5. The fourth-order valence-electron chi connectivity index (χ4n) is 2.16.